The van der Waals surface area contributed by atoms with Crippen molar-refractivity contribution in [3.05, 3.63) is 81.5 Å². The smallest absolute Gasteiger partial charge is 0.196 e. The molecule has 0 spiro atoms. The Bertz CT molecular complexity index is 1000. The van der Waals surface area contributed by atoms with Gasteiger partial charge in [0.25, 0.3) is 0 Å². The minimum Gasteiger partial charge on any atom is -0.488 e. The van der Waals surface area contributed by atoms with E-state index in [-0.39, 0.29) is 12.4 Å². The largest absolute Gasteiger partial charge is 0.488 e. The molecule has 0 saturated heterocycles. The van der Waals surface area contributed by atoms with Gasteiger partial charge in [0.2, 0.25) is 0 Å². The molecule has 0 amide bonds. The highest BCUT2D eigenvalue weighted by Crippen LogP contribution is 2.35. The zero-order valence-electron chi connectivity index (χ0n) is 13.0. The molecule has 0 unspecified atom stereocenters. The minimum atomic E-state index is -0.0550. The van der Waals surface area contributed by atoms with Crippen LogP contribution in [0.25, 0.3) is 17.4 Å². The first-order chi connectivity index (χ1) is 12.1. The van der Waals surface area contributed by atoms with Crippen LogP contribution in [0.2, 0.25) is 10.0 Å². The van der Waals surface area contributed by atoms with E-state index in [1.165, 1.54) is 0 Å². The zero-order valence-corrected chi connectivity index (χ0v) is 14.5. The average Bonchev–Trinajstić information content (AvgIpc) is 3.08. The standard InChI is InChI=1S/C20H12Cl2O3/c21-16-6-3-5-14(19(16)22)18-9-8-13(25-18)10-12-11-24-17-7-2-1-4-15(17)20(12)23/h1-10H,11H2. The molecule has 0 radical (unpaired) electrons. The lowest BCUT2D eigenvalue weighted by Gasteiger charge is -2.18. The molecule has 0 atom stereocenters. The highest BCUT2D eigenvalue weighted by atomic mass is 35.5. The van der Waals surface area contributed by atoms with Gasteiger partial charge in [-0.15, -0.1) is 0 Å². The molecule has 25 heavy (non-hydrogen) atoms. The lowest BCUT2D eigenvalue weighted by atomic mass is 10.00. The van der Waals surface area contributed by atoms with Crippen molar-refractivity contribution in [1.29, 1.82) is 0 Å². The Kier molecular flexibility index (Phi) is 4.12. The molecule has 2 heterocycles. The van der Waals surface area contributed by atoms with E-state index < -0.39 is 0 Å². The molecule has 124 valence electrons. The van der Waals surface area contributed by atoms with Gasteiger partial charge in [-0.2, -0.15) is 0 Å². The number of rotatable bonds is 2. The van der Waals surface area contributed by atoms with E-state index in [4.69, 9.17) is 32.4 Å². The third-order valence-corrected chi connectivity index (χ3v) is 4.79. The highest BCUT2D eigenvalue weighted by molar-refractivity contribution is 6.43. The normalized spacial score (nSPS) is 15.1. The van der Waals surface area contributed by atoms with Crippen LogP contribution in [-0.2, 0) is 0 Å². The Morgan fingerprint density at radius 1 is 0.920 bits per heavy atom. The van der Waals surface area contributed by atoms with Gasteiger partial charge in [-0.25, -0.2) is 0 Å². The average molecular weight is 371 g/mol. The lowest BCUT2D eigenvalue weighted by Crippen LogP contribution is -2.18. The number of benzene rings is 2. The number of para-hydroxylation sites is 1. The summed E-state index contributed by atoms with van der Waals surface area (Å²) in [4.78, 5) is 12.6. The third kappa shape index (κ3) is 2.97. The van der Waals surface area contributed by atoms with Crippen molar-refractivity contribution >= 4 is 35.1 Å². The van der Waals surface area contributed by atoms with E-state index in [2.05, 4.69) is 0 Å². The van der Waals surface area contributed by atoms with Gasteiger partial charge < -0.3 is 9.15 Å². The van der Waals surface area contributed by atoms with Crippen LogP contribution in [0.1, 0.15) is 16.1 Å². The van der Waals surface area contributed by atoms with Crippen molar-refractivity contribution in [3.8, 4) is 17.1 Å². The fraction of sp³-hybridized carbons (Fsp3) is 0.0500. The number of hydrogen-bond donors (Lipinski definition) is 0. The molecule has 4 rings (SSSR count). The summed E-state index contributed by atoms with van der Waals surface area (Å²) < 4.78 is 11.5. The first-order valence-corrected chi connectivity index (χ1v) is 8.40. The number of fused-ring (bicyclic) bond motifs is 1. The summed E-state index contributed by atoms with van der Waals surface area (Å²) in [6.45, 7) is 0.212. The second-order valence-electron chi connectivity index (χ2n) is 5.59. The SMILES string of the molecule is O=C1C(=Cc2ccc(-c3cccc(Cl)c3Cl)o2)COc2ccccc21. The fourth-order valence-electron chi connectivity index (χ4n) is 2.72. The van der Waals surface area contributed by atoms with Crippen molar-refractivity contribution in [2.45, 2.75) is 0 Å². The molecular weight excluding hydrogens is 359 g/mol. The van der Waals surface area contributed by atoms with Crippen LogP contribution < -0.4 is 4.74 Å². The number of ether oxygens (including phenoxy) is 1. The number of halogens is 2. The Morgan fingerprint density at radius 2 is 1.72 bits per heavy atom. The molecule has 1 aromatic heterocycles. The summed E-state index contributed by atoms with van der Waals surface area (Å²) in [6, 6.07) is 16.1. The Labute approximate surface area is 154 Å². The van der Waals surface area contributed by atoms with Gasteiger partial charge in [0, 0.05) is 11.1 Å². The molecule has 0 aliphatic carbocycles. The van der Waals surface area contributed by atoms with Crippen LogP contribution in [0.5, 0.6) is 5.75 Å². The van der Waals surface area contributed by atoms with Crippen LogP contribution in [0, 0.1) is 0 Å². The zero-order chi connectivity index (χ0) is 17.4. The number of hydrogen-bond acceptors (Lipinski definition) is 3. The van der Waals surface area contributed by atoms with E-state index in [0.29, 0.717) is 44.0 Å². The maximum Gasteiger partial charge on any atom is 0.196 e. The summed E-state index contributed by atoms with van der Waals surface area (Å²) in [5.74, 6) is 1.69. The summed E-state index contributed by atoms with van der Waals surface area (Å²) in [6.07, 6.45) is 1.69. The molecule has 1 aliphatic heterocycles. The highest BCUT2D eigenvalue weighted by Gasteiger charge is 2.23. The van der Waals surface area contributed by atoms with Crippen LogP contribution in [-0.4, -0.2) is 12.4 Å². The van der Waals surface area contributed by atoms with Gasteiger partial charge in [-0.1, -0.05) is 41.4 Å². The Hall–Kier alpha value is -2.49. The molecule has 0 saturated carbocycles. The molecule has 3 nitrogen and oxygen atoms in total. The van der Waals surface area contributed by atoms with Gasteiger partial charge in [-0.05, 0) is 42.5 Å². The molecule has 1 aliphatic rings. The number of carbonyl (C=O) groups is 1. The van der Waals surface area contributed by atoms with E-state index in [1.54, 1.807) is 42.5 Å². The van der Waals surface area contributed by atoms with Crippen LogP contribution >= 0.6 is 23.2 Å². The van der Waals surface area contributed by atoms with Gasteiger partial charge in [0.1, 0.15) is 23.9 Å². The lowest BCUT2D eigenvalue weighted by molar-refractivity contribution is 0.100. The molecule has 2 aromatic carbocycles. The second-order valence-corrected chi connectivity index (χ2v) is 6.37. The number of ketones is 1. The molecule has 0 bridgehead atoms. The molecule has 0 N–H and O–H groups in total. The second kappa shape index (κ2) is 6.43. The van der Waals surface area contributed by atoms with Crippen LogP contribution in [0.4, 0.5) is 0 Å². The van der Waals surface area contributed by atoms with E-state index in [9.17, 15) is 4.79 Å². The molecule has 5 heteroatoms. The van der Waals surface area contributed by atoms with Gasteiger partial charge in [0.15, 0.2) is 5.78 Å². The van der Waals surface area contributed by atoms with Gasteiger partial charge in [-0.3, -0.25) is 4.79 Å². The number of carbonyl (C=O) groups excluding carboxylic acids is 1. The Balaban J connectivity index is 1.67. The van der Waals surface area contributed by atoms with Gasteiger partial charge >= 0.3 is 0 Å². The summed E-state index contributed by atoms with van der Waals surface area (Å²) in [7, 11) is 0. The third-order valence-electron chi connectivity index (χ3n) is 3.97. The predicted octanol–water partition coefficient (Wildman–Crippen LogP) is 5.91. The first kappa shape index (κ1) is 16.0. The fourth-order valence-corrected chi connectivity index (χ4v) is 3.12. The van der Waals surface area contributed by atoms with E-state index in [1.807, 2.05) is 18.2 Å². The molecular formula is C20H12Cl2O3. The van der Waals surface area contributed by atoms with Gasteiger partial charge in [0.05, 0.1) is 15.6 Å². The quantitative estimate of drug-likeness (QED) is 0.526. The van der Waals surface area contributed by atoms with Crippen molar-refractivity contribution < 1.29 is 13.9 Å². The van der Waals surface area contributed by atoms with E-state index >= 15 is 0 Å². The Morgan fingerprint density at radius 3 is 2.60 bits per heavy atom. The molecule has 0 fully saturated rings. The minimum absolute atomic E-state index is 0.0550. The first-order valence-electron chi connectivity index (χ1n) is 7.65. The monoisotopic (exact) mass is 370 g/mol. The van der Waals surface area contributed by atoms with Crippen molar-refractivity contribution in [2.24, 2.45) is 0 Å². The van der Waals surface area contributed by atoms with Crippen molar-refractivity contribution in [1.82, 2.24) is 0 Å². The van der Waals surface area contributed by atoms with E-state index in [0.717, 1.165) is 0 Å². The maximum atomic E-state index is 12.6. The summed E-state index contributed by atoms with van der Waals surface area (Å²) in [5, 5.41) is 0.895. The van der Waals surface area contributed by atoms with Crippen molar-refractivity contribution in [2.75, 3.05) is 6.61 Å². The number of furan rings is 1. The summed E-state index contributed by atoms with van der Waals surface area (Å²) >= 11 is 12.3. The maximum absolute atomic E-state index is 12.6. The predicted molar refractivity (Wildman–Crippen MR) is 98.4 cm³/mol. The van der Waals surface area contributed by atoms with Crippen LogP contribution in [0.3, 0.4) is 0 Å². The topological polar surface area (TPSA) is 39.4 Å². The summed E-state index contributed by atoms with van der Waals surface area (Å²) in [5.41, 5.74) is 1.80. The van der Waals surface area contributed by atoms with Crippen molar-refractivity contribution in [3.63, 3.8) is 0 Å². The van der Waals surface area contributed by atoms with Crippen LogP contribution in [0.15, 0.2) is 64.6 Å². The number of Topliss-reactive ketones (excluding diaryl/α,β-unsaturated/α-hetero) is 1. The molecule has 3 aromatic rings.